The Balaban J connectivity index is 2.30. The Morgan fingerprint density at radius 3 is 2.40 bits per heavy atom. The number of aromatic nitrogens is 1. The molecule has 0 atom stereocenters. The highest BCUT2D eigenvalue weighted by molar-refractivity contribution is 6.81. The van der Waals surface area contributed by atoms with Gasteiger partial charge in [-0.2, -0.15) is 0 Å². The molecule has 3 nitrogen and oxygen atoms in total. The molecule has 1 heterocycles. The highest BCUT2D eigenvalue weighted by Gasteiger charge is 2.48. The highest BCUT2D eigenvalue weighted by atomic mass is 28.4. The van der Waals surface area contributed by atoms with Crippen LogP contribution in [0.4, 0.5) is 0 Å². The zero-order valence-electron chi connectivity index (χ0n) is 9.45. The van der Waals surface area contributed by atoms with Crippen LogP contribution in [0.5, 0.6) is 0 Å². The van der Waals surface area contributed by atoms with Crippen LogP contribution in [0.15, 0.2) is 18.3 Å². The van der Waals surface area contributed by atoms with Crippen LogP contribution in [0.3, 0.4) is 0 Å². The summed E-state index contributed by atoms with van der Waals surface area (Å²) in [5.41, 5.74) is 0.603. The molecule has 0 aliphatic heterocycles. The van der Waals surface area contributed by atoms with Crippen molar-refractivity contribution >= 4 is 13.9 Å². The zero-order valence-corrected chi connectivity index (χ0v) is 10.5. The van der Waals surface area contributed by atoms with Crippen molar-refractivity contribution in [3.8, 4) is 0 Å². The number of hydrogen-bond acceptors (Lipinski definition) is 2. The van der Waals surface area contributed by atoms with Crippen LogP contribution in [-0.4, -0.2) is 27.8 Å². The van der Waals surface area contributed by atoms with E-state index >= 15 is 0 Å². The first-order chi connectivity index (χ1) is 7.33. The molecule has 1 fully saturated rings. The molecule has 0 aromatic carbocycles. The molecule has 1 aromatic heterocycles. The van der Waals surface area contributed by atoms with Gasteiger partial charge in [-0.15, -0.1) is 0 Å². The van der Waals surface area contributed by atoms with Gasteiger partial charge in [-0.3, -0.25) is 0 Å². The molecule has 0 spiro atoms. The second-order valence-corrected chi connectivity index (χ2v) is 7.65. The van der Waals surface area contributed by atoms with Crippen LogP contribution >= 0.6 is 0 Å². The van der Waals surface area contributed by atoms with Crippen molar-refractivity contribution in [2.45, 2.75) is 31.2 Å². The molecule has 0 unspecified atom stereocenters. The van der Waals surface area contributed by atoms with Crippen molar-refractivity contribution in [1.82, 2.24) is 4.98 Å². The average Bonchev–Trinajstić information content (AvgIpc) is 2.92. The Morgan fingerprint density at radius 2 is 1.93 bits per heavy atom. The van der Waals surface area contributed by atoms with E-state index < -0.39 is 8.56 Å². The number of hydrogen-bond donors (Lipinski definition) is 1. The highest BCUT2D eigenvalue weighted by Crippen LogP contribution is 2.38. The number of H-pyrrole nitrogens is 1. The summed E-state index contributed by atoms with van der Waals surface area (Å²) >= 11 is 0. The molecule has 1 saturated carbocycles. The zero-order chi connectivity index (χ0) is 10.7. The van der Waals surface area contributed by atoms with E-state index in [0.717, 1.165) is 0 Å². The fraction of sp³-hybridized carbons (Fsp3) is 0.636. The molecular weight excluding hydrogens is 206 g/mol. The summed E-state index contributed by atoms with van der Waals surface area (Å²) in [4.78, 5) is 3.27. The van der Waals surface area contributed by atoms with Crippen LogP contribution in [0, 0.1) is 0 Å². The summed E-state index contributed by atoms with van der Waals surface area (Å²) in [6, 6.07) is 4.11. The van der Waals surface area contributed by atoms with Crippen LogP contribution in [-0.2, 0) is 8.85 Å². The summed E-state index contributed by atoms with van der Waals surface area (Å²) in [7, 11) is 1.38. The summed E-state index contributed by atoms with van der Waals surface area (Å²) in [5, 5.41) is 1.17. The van der Waals surface area contributed by atoms with E-state index in [1.54, 1.807) is 14.2 Å². The summed E-state index contributed by atoms with van der Waals surface area (Å²) in [5.74, 6) is 0. The normalized spacial score (nSPS) is 18.5. The van der Waals surface area contributed by atoms with E-state index in [2.05, 4.69) is 11.1 Å². The van der Waals surface area contributed by atoms with Crippen LogP contribution in [0.25, 0.3) is 0 Å². The third-order valence-corrected chi connectivity index (χ3v) is 7.40. The van der Waals surface area contributed by atoms with Crippen LogP contribution in [0.2, 0.25) is 5.54 Å². The first-order valence-corrected chi connectivity index (χ1v) is 7.47. The van der Waals surface area contributed by atoms with Crippen molar-refractivity contribution in [3.05, 3.63) is 18.3 Å². The van der Waals surface area contributed by atoms with E-state index in [1.165, 1.54) is 31.0 Å². The maximum absolute atomic E-state index is 5.80. The van der Waals surface area contributed by atoms with Crippen molar-refractivity contribution < 1.29 is 8.85 Å². The smallest absolute Gasteiger partial charge is 0.391 e. The molecule has 1 aromatic rings. The predicted molar refractivity (Wildman–Crippen MR) is 62.4 cm³/mol. The Kier molecular flexibility index (Phi) is 3.28. The second-order valence-electron chi connectivity index (χ2n) is 4.14. The Morgan fingerprint density at radius 1 is 1.27 bits per heavy atom. The van der Waals surface area contributed by atoms with Gasteiger partial charge >= 0.3 is 8.56 Å². The SMILES string of the molecule is CO[Si](OC)(c1ccc[nH]1)C1CCCC1. The van der Waals surface area contributed by atoms with E-state index in [9.17, 15) is 0 Å². The lowest BCUT2D eigenvalue weighted by Crippen LogP contribution is -2.56. The van der Waals surface area contributed by atoms with Crippen molar-refractivity contribution in [1.29, 1.82) is 0 Å². The topological polar surface area (TPSA) is 34.2 Å². The molecule has 1 aliphatic rings. The quantitative estimate of drug-likeness (QED) is 0.794. The van der Waals surface area contributed by atoms with Crippen LogP contribution < -0.4 is 5.32 Å². The minimum atomic E-state index is -2.19. The molecule has 1 aliphatic carbocycles. The first kappa shape index (κ1) is 10.9. The molecule has 15 heavy (non-hydrogen) atoms. The van der Waals surface area contributed by atoms with E-state index in [0.29, 0.717) is 5.54 Å². The largest absolute Gasteiger partial charge is 0.393 e. The van der Waals surface area contributed by atoms with Gasteiger partial charge in [0.05, 0.1) is 5.32 Å². The molecule has 1 N–H and O–H groups in total. The third-order valence-electron chi connectivity index (χ3n) is 3.47. The molecule has 2 rings (SSSR count). The molecule has 0 radical (unpaired) electrons. The molecule has 0 amide bonds. The fourth-order valence-electron chi connectivity index (χ4n) is 2.71. The lowest BCUT2D eigenvalue weighted by atomic mass is 10.4. The van der Waals surface area contributed by atoms with E-state index in [-0.39, 0.29) is 0 Å². The van der Waals surface area contributed by atoms with Gasteiger partial charge in [0.2, 0.25) is 0 Å². The van der Waals surface area contributed by atoms with E-state index in [4.69, 9.17) is 8.85 Å². The molecule has 0 saturated heterocycles. The standard InChI is InChI=1S/C11H19NO2Si/c1-13-15(14-2,10-6-3-4-7-10)11-8-5-9-12-11/h5,8-10,12H,3-4,6-7H2,1-2H3. The minimum absolute atomic E-state index is 0.603. The lowest BCUT2D eigenvalue weighted by molar-refractivity contribution is 0.243. The van der Waals surface area contributed by atoms with E-state index in [1.807, 2.05) is 12.3 Å². The average molecular weight is 225 g/mol. The van der Waals surface area contributed by atoms with Crippen molar-refractivity contribution in [2.75, 3.05) is 14.2 Å². The van der Waals surface area contributed by atoms with Gasteiger partial charge in [-0.25, -0.2) is 0 Å². The second kappa shape index (κ2) is 4.51. The van der Waals surface area contributed by atoms with Gasteiger partial charge in [0.25, 0.3) is 0 Å². The van der Waals surface area contributed by atoms with Gasteiger partial charge in [0, 0.05) is 26.0 Å². The van der Waals surface area contributed by atoms with Crippen molar-refractivity contribution in [3.63, 3.8) is 0 Å². The maximum atomic E-state index is 5.80. The maximum Gasteiger partial charge on any atom is 0.391 e. The van der Waals surface area contributed by atoms with Gasteiger partial charge in [-0.1, -0.05) is 12.8 Å². The Bertz CT molecular complexity index is 290. The minimum Gasteiger partial charge on any atom is -0.393 e. The Labute approximate surface area is 92.0 Å². The first-order valence-electron chi connectivity index (χ1n) is 5.57. The van der Waals surface area contributed by atoms with Crippen molar-refractivity contribution in [2.24, 2.45) is 0 Å². The summed E-state index contributed by atoms with van der Waals surface area (Å²) < 4.78 is 11.6. The molecule has 0 bridgehead atoms. The number of aromatic amines is 1. The van der Waals surface area contributed by atoms with Crippen LogP contribution in [0.1, 0.15) is 25.7 Å². The van der Waals surface area contributed by atoms with Gasteiger partial charge < -0.3 is 13.8 Å². The molecular formula is C11H19NO2Si. The fourth-order valence-corrected chi connectivity index (χ4v) is 6.20. The molecule has 84 valence electrons. The molecule has 4 heteroatoms. The van der Waals surface area contributed by atoms with Gasteiger partial charge in [-0.05, 0) is 25.0 Å². The number of rotatable bonds is 4. The third kappa shape index (κ3) is 1.77. The number of nitrogens with one attached hydrogen (secondary N) is 1. The monoisotopic (exact) mass is 225 g/mol. The predicted octanol–water partition coefficient (Wildman–Crippen LogP) is 1.90. The summed E-state index contributed by atoms with van der Waals surface area (Å²) in [6.07, 6.45) is 7.06. The Hall–Kier alpha value is -0.583. The summed E-state index contributed by atoms with van der Waals surface area (Å²) in [6.45, 7) is 0. The van der Waals surface area contributed by atoms with Gasteiger partial charge in [0.1, 0.15) is 0 Å². The lowest BCUT2D eigenvalue weighted by Gasteiger charge is -2.31. The van der Waals surface area contributed by atoms with Gasteiger partial charge in [0.15, 0.2) is 0 Å².